The maximum Gasteiger partial charge on any atom is 0.348 e. The molecule has 0 saturated heterocycles. The van der Waals surface area contributed by atoms with Crippen LogP contribution in [-0.4, -0.2) is 31.6 Å². The maximum atomic E-state index is 12.9. The fourth-order valence-corrected chi connectivity index (χ4v) is 2.79. The number of amides is 1. The summed E-state index contributed by atoms with van der Waals surface area (Å²) in [6, 6.07) is 15.0. The van der Waals surface area contributed by atoms with E-state index in [1.807, 2.05) is 49.4 Å². The van der Waals surface area contributed by atoms with E-state index in [1.54, 1.807) is 11.0 Å². The number of rotatable bonds is 3. The molecule has 0 aliphatic carbocycles. The van der Waals surface area contributed by atoms with Gasteiger partial charge in [0.15, 0.2) is 0 Å². The molecule has 24 heavy (non-hydrogen) atoms. The predicted molar refractivity (Wildman–Crippen MR) is 90.1 cm³/mol. The smallest absolute Gasteiger partial charge is 0.348 e. The summed E-state index contributed by atoms with van der Waals surface area (Å²) in [6.07, 6.45) is -0.541. The Hall–Kier alpha value is -2.82. The lowest BCUT2D eigenvalue weighted by Crippen LogP contribution is -2.48. The first-order valence-corrected chi connectivity index (χ1v) is 7.78. The van der Waals surface area contributed by atoms with Crippen LogP contribution in [0.15, 0.2) is 48.5 Å². The molecule has 0 fully saturated rings. The highest BCUT2D eigenvalue weighted by Crippen LogP contribution is 2.33. The predicted octanol–water partition coefficient (Wildman–Crippen LogP) is 2.50. The first-order valence-electron chi connectivity index (χ1n) is 7.78. The molecule has 0 spiro atoms. The van der Waals surface area contributed by atoms with E-state index in [0.717, 1.165) is 11.1 Å². The van der Waals surface area contributed by atoms with Crippen LogP contribution < -0.4 is 9.64 Å². The molecule has 0 N–H and O–H groups in total. The van der Waals surface area contributed by atoms with E-state index in [2.05, 4.69) is 0 Å². The molecule has 2 aromatic carbocycles. The first kappa shape index (κ1) is 16.1. The van der Waals surface area contributed by atoms with Gasteiger partial charge in [0.2, 0.25) is 12.0 Å². The van der Waals surface area contributed by atoms with Crippen molar-refractivity contribution >= 4 is 17.6 Å². The minimum absolute atomic E-state index is 0.0750. The Morgan fingerprint density at radius 3 is 2.62 bits per heavy atom. The number of anilines is 1. The van der Waals surface area contributed by atoms with Crippen LogP contribution in [-0.2, 0) is 20.7 Å². The van der Waals surface area contributed by atoms with E-state index in [0.29, 0.717) is 11.4 Å². The molecule has 1 aliphatic heterocycles. The summed E-state index contributed by atoms with van der Waals surface area (Å²) in [5.41, 5.74) is 2.72. The van der Waals surface area contributed by atoms with Gasteiger partial charge in [-0.15, -0.1) is 0 Å². The third-order valence-electron chi connectivity index (χ3n) is 4.14. The fraction of sp³-hybridized carbons (Fsp3) is 0.263. The number of methoxy groups -OCH3 is 1. The van der Waals surface area contributed by atoms with E-state index in [-0.39, 0.29) is 18.9 Å². The molecule has 5 heteroatoms. The van der Waals surface area contributed by atoms with Crippen LogP contribution in [0.3, 0.4) is 0 Å². The summed E-state index contributed by atoms with van der Waals surface area (Å²) in [5.74, 6) is -0.0515. The van der Waals surface area contributed by atoms with Gasteiger partial charge in [0, 0.05) is 0 Å². The molecule has 0 unspecified atom stereocenters. The van der Waals surface area contributed by atoms with Gasteiger partial charge in [-0.05, 0) is 30.2 Å². The van der Waals surface area contributed by atoms with Crippen molar-refractivity contribution in [1.82, 2.24) is 0 Å². The Morgan fingerprint density at radius 1 is 1.17 bits per heavy atom. The minimum atomic E-state index is -0.814. The number of fused-ring (bicyclic) bond motifs is 1. The second kappa shape index (κ2) is 6.74. The molecule has 2 aromatic rings. The molecule has 1 aliphatic rings. The molecule has 124 valence electrons. The maximum absolute atomic E-state index is 12.9. The van der Waals surface area contributed by atoms with Crippen molar-refractivity contribution in [1.29, 1.82) is 0 Å². The van der Waals surface area contributed by atoms with Crippen molar-refractivity contribution < 1.29 is 19.1 Å². The largest absolute Gasteiger partial charge is 0.475 e. The average molecular weight is 325 g/mol. The zero-order valence-corrected chi connectivity index (χ0v) is 13.7. The topological polar surface area (TPSA) is 55.8 Å². The van der Waals surface area contributed by atoms with Crippen molar-refractivity contribution in [2.45, 2.75) is 19.4 Å². The number of hydrogen-bond donors (Lipinski definition) is 0. The number of esters is 1. The van der Waals surface area contributed by atoms with Crippen molar-refractivity contribution in [3.63, 3.8) is 0 Å². The van der Waals surface area contributed by atoms with Gasteiger partial charge >= 0.3 is 5.97 Å². The molecule has 1 amide bonds. The van der Waals surface area contributed by atoms with Crippen molar-refractivity contribution in [2.75, 3.05) is 18.6 Å². The highest BCUT2D eigenvalue weighted by Gasteiger charge is 2.34. The van der Waals surface area contributed by atoms with Crippen LogP contribution in [0.4, 0.5) is 5.69 Å². The number of hydrogen-bond acceptors (Lipinski definition) is 4. The summed E-state index contributed by atoms with van der Waals surface area (Å²) in [7, 11) is 1.31. The normalized spacial score (nSPS) is 16.1. The van der Waals surface area contributed by atoms with Crippen LogP contribution in [0.25, 0.3) is 0 Å². The summed E-state index contributed by atoms with van der Waals surface area (Å²) in [4.78, 5) is 26.3. The number of benzene rings is 2. The lowest BCUT2D eigenvalue weighted by atomic mass is 10.0. The highest BCUT2D eigenvalue weighted by atomic mass is 16.6. The number of ether oxygens (including phenoxy) is 2. The van der Waals surface area contributed by atoms with E-state index in [9.17, 15) is 9.59 Å². The third kappa shape index (κ3) is 3.11. The summed E-state index contributed by atoms with van der Waals surface area (Å²) < 4.78 is 10.4. The molecule has 3 rings (SSSR count). The van der Waals surface area contributed by atoms with Gasteiger partial charge in [-0.1, -0.05) is 36.4 Å². The molecule has 5 nitrogen and oxygen atoms in total. The van der Waals surface area contributed by atoms with E-state index in [4.69, 9.17) is 9.47 Å². The average Bonchev–Trinajstić information content (AvgIpc) is 2.61. The quantitative estimate of drug-likeness (QED) is 0.814. The molecule has 0 saturated carbocycles. The van der Waals surface area contributed by atoms with Gasteiger partial charge in [0.05, 0.1) is 25.8 Å². The summed E-state index contributed by atoms with van der Waals surface area (Å²) >= 11 is 0. The van der Waals surface area contributed by atoms with E-state index in [1.165, 1.54) is 7.11 Å². The summed E-state index contributed by atoms with van der Waals surface area (Å²) in [5, 5.41) is 0. The van der Waals surface area contributed by atoms with E-state index >= 15 is 0 Å². The SMILES string of the molecule is COC(=O)[C@H]1CN(C(=O)Cc2ccccc2C)c2ccccc2O1. The Morgan fingerprint density at radius 2 is 1.88 bits per heavy atom. The van der Waals surface area contributed by atoms with Crippen molar-refractivity contribution in [3.8, 4) is 5.75 Å². The molecule has 1 heterocycles. The van der Waals surface area contributed by atoms with Crippen molar-refractivity contribution in [3.05, 3.63) is 59.7 Å². The molecular formula is C19H19NO4. The number of carbonyl (C=O) groups excluding carboxylic acids is 2. The van der Waals surface area contributed by atoms with Crippen LogP contribution in [0.2, 0.25) is 0 Å². The van der Waals surface area contributed by atoms with Gasteiger partial charge in [-0.3, -0.25) is 4.79 Å². The monoisotopic (exact) mass is 325 g/mol. The molecule has 0 aromatic heterocycles. The lowest BCUT2D eigenvalue weighted by molar-refractivity contribution is -0.148. The van der Waals surface area contributed by atoms with Crippen LogP contribution in [0, 0.1) is 6.92 Å². The zero-order chi connectivity index (χ0) is 17.1. The standard InChI is InChI=1S/C19H19NO4/c1-13-7-3-4-8-14(13)11-18(21)20-12-17(19(22)23-2)24-16-10-6-5-9-15(16)20/h3-10,17H,11-12H2,1-2H3/t17-/m1/s1. The number of para-hydroxylation sites is 2. The number of aryl methyl sites for hydroxylation is 1. The Kier molecular flexibility index (Phi) is 4.51. The minimum Gasteiger partial charge on any atom is -0.475 e. The Labute approximate surface area is 140 Å². The lowest BCUT2D eigenvalue weighted by Gasteiger charge is -2.33. The first-order chi connectivity index (χ1) is 11.6. The zero-order valence-electron chi connectivity index (χ0n) is 13.7. The van der Waals surface area contributed by atoms with Gasteiger partial charge < -0.3 is 14.4 Å². The second-order valence-electron chi connectivity index (χ2n) is 5.70. The van der Waals surface area contributed by atoms with Crippen LogP contribution in [0.1, 0.15) is 11.1 Å². The van der Waals surface area contributed by atoms with Crippen LogP contribution >= 0.6 is 0 Å². The molecular weight excluding hydrogens is 306 g/mol. The van der Waals surface area contributed by atoms with Crippen molar-refractivity contribution in [2.24, 2.45) is 0 Å². The Balaban J connectivity index is 1.89. The highest BCUT2D eigenvalue weighted by molar-refractivity contribution is 5.98. The molecule has 0 bridgehead atoms. The molecule has 1 atom stereocenters. The van der Waals surface area contributed by atoms with Gasteiger partial charge in [-0.25, -0.2) is 4.79 Å². The number of carbonyl (C=O) groups is 2. The second-order valence-corrected chi connectivity index (χ2v) is 5.70. The van der Waals surface area contributed by atoms with E-state index < -0.39 is 12.1 Å². The Bertz CT molecular complexity index is 771. The van der Waals surface area contributed by atoms with Crippen LogP contribution in [0.5, 0.6) is 5.75 Å². The van der Waals surface area contributed by atoms with Gasteiger partial charge in [0.25, 0.3) is 0 Å². The van der Waals surface area contributed by atoms with Gasteiger partial charge in [0.1, 0.15) is 5.75 Å². The third-order valence-corrected chi connectivity index (χ3v) is 4.14. The summed E-state index contributed by atoms with van der Waals surface area (Å²) in [6.45, 7) is 2.13. The molecule has 0 radical (unpaired) electrons. The fourth-order valence-electron chi connectivity index (χ4n) is 2.79. The number of nitrogens with zero attached hydrogens (tertiary/aromatic N) is 1. The van der Waals surface area contributed by atoms with Gasteiger partial charge in [-0.2, -0.15) is 0 Å².